The molecule has 1 aromatic carbocycles. The van der Waals surface area contributed by atoms with Gasteiger partial charge in [-0.1, -0.05) is 19.8 Å². The number of rotatable bonds is 6. The third kappa shape index (κ3) is 5.00. The zero-order valence-electron chi connectivity index (χ0n) is 18.5. The maximum absolute atomic E-state index is 13.2. The number of aryl methyl sites for hydroxylation is 1. The van der Waals surface area contributed by atoms with Crippen molar-refractivity contribution in [3.8, 4) is 0 Å². The molecule has 0 bridgehead atoms. The molecule has 1 aromatic heterocycles. The topological polar surface area (TPSA) is 92.1 Å². The van der Waals surface area contributed by atoms with Crippen LogP contribution in [0.25, 0.3) is 0 Å². The Kier molecular flexibility index (Phi) is 7.17. The normalized spacial score (nSPS) is 18.3. The highest BCUT2D eigenvalue weighted by atomic mass is 32.2. The Morgan fingerprint density at radius 1 is 1.00 bits per heavy atom. The summed E-state index contributed by atoms with van der Waals surface area (Å²) in [5, 5.41) is 2.92. The molecule has 0 aliphatic carbocycles. The smallest absolute Gasteiger partial charge is 0.291 e. The van der Waals surface area contributed by atoms with E-state index in [0.29, 0.717) is 38.4 Å². The number of carbonyl (C=O) groups is 1. The lowest BCUT2D eigenvalue weighted by molar-refractivity contribution is 0.0730. The fourth-order valence-corrected chi connectivity index (χ4v) is 5.61. The van der Waals surface area contributed by atoms with Crippen LogP contribution in [0.3, 0.4) is 0 Å². The minimum Gasteiger partial charge on any atom is -0.456 e. The molecule has 0 spiro atoms. The van der Waals surface area contributed by atoms with E-state index in [0.717, 1.165) is 37.4 Å². The van der Waals surface area contributed by atoms with Crippen LogP contribution in [0.2, 0.25) is 0 Å². The van der Waals surface area contributed by atoms with Crippen molar-refractivity contribution >= 4 is 27.3 Å². The van der Waals surface area contributed by atoms with Gasteiger partial charge < -0.3 is 19.4 Å². The minimum atomic E-state index is -3.68. The molecule has 3 heterocycles. The summed E-state index contributed by atoms with van der Waals surface area (Å²) in [4.78, 5) is 15.3. The van der Waals surface area contributed by atoms with Gasteiger partial charge in [-0.05, 0) is 43.2 Å². The number of amides is 1. The molecule has 2 aliphatic rings. The number of ether oxygens (including phenoxy) is 1. The van der Waals surface area contributed by atoms with Crippen LogP contribution >= 0.6 is 0 Å². The Labute approximate surface area is 189 Å². The Morgan fingerprint density at radius 2 is 1.72 bits per heavy atom. The van der Waals surface area contributed by atoms with Crippen molar-refractivity contribution in [1.29, 1.82) is 0 Å². The van der Waals surface area contributed by atoms with Gasteiger partial charge in [0.25, 0.3) is 5.91 Å². The molecule has 8 nitrogen and oxygen atoms in total. The van der Waals surface area contributed by atoms with E-state index in [1.165, 1.54) is 17.1 Å². The monoisotopic (exact) mass is 461 g/mol. The molecular formula is C23H31N3O5S. The van der Waals surface area contributed by atoms with Gasteiger partial charge in [0, 0.05) is 32.6 Å². The molecule has 4 rings (SSSR count). The quantitative estimate of drug-likeness (QED) is 0.708. The lowest BCUT2D eigenvalue weighted by atomic mass is 10.2. The van der Waals surface area contributed by atoms with Crippen molar-refractivity contribution in [1.82, 2.24) is 4.31 Å². The summed E-state index contributed by atoms with van der Waals surface area (Å²) in [5.74, 6) is 0.554. The molecule has 2 aromatic rings. The molecule has 2 aliphatic heterocycles. The first-order valence-corrected chi connectivity index (χ1v) is 12.8. The number of morpholine rings is 1. The number of furan rings is 1. The van der Waals surface area contributed by atoms with Gasteiger partial charge in [-0.2, -0.15) is 4.31 Å². The van der Waals surface area contributed by atoms with Crippen LogP contribution in [0, 0.1) is 0 Å². The fourth-order valence-electron chi connectivity index (χ4n) is 4.17. The second-order valence-corrected chi connectivity index (χ2v) is 10.1. The molecule has 174 valence electrons. The van der Waals surface area contributed by atoms with E-state index in [1.54, 1.807) is 24.3 Å². The number of hydrogen-bond acceptors (Lipinski definition) is 6. The van der Waals surface area contributed by atoms with E-state index < -0.39 is 10.0 Å². The number of nitrogens with one attached hydrogen (secondary N) is 1. The molecule has 1 N–H and O–H groups in total. The first kappa shape index (κ1) is 22.8. The summed E-state index contributed by atoms with van der Waals surface area (Å²) in [6.45, 7) is 5.12. The summed E-state index contributed by atoms with van der Waals surface area (Å²) >= 11 is 0. The summed E-state index contributed by atoms with van der Waals surface area (Å²) in [6, 6.07) is 8.46. The highest BCUT2D eigenvalue weighted by Crippen LogP contribution is 2.32. The molecule has 2 saturated heterocycles. The Hall–Kier alpha value is -2.36. The largest absolute Gasteiger partial charge is 0.456 e. The van der Waals surface area contributed by atoms with Gasteiger partial charge in [-0.15, -0.1) is 0 Å². The van der Waals surface area contributed by atoms with Gasteiger partial charge in [0.1, 0.15) is 5.76 Å². The van der Waals surface area contributed by atoms with Gasteiger partial charge in [-0.25, -0.2) is 8.42 Å². The Morgan fingerprint density at radius 3 is 2.38 bits per heavy atom. The van der Waals surface area contributed by atoms with Crippen molar-refractivity contribution < 1.29 is 22.4 Å². The third-order valence-corrected chi connectivity index (χ3v) is 7.90. The first-order valence-electron chi connectivity index (χ1n) is 11.4. The van der Waals surface area contributed by atoms with Crippen LogP contribution in [0.4, 0.5) is 11.4 Å². The average molecular weight is 462 g/mol. The number of carbonyl (C=O) groups excluding carboxylic acids is 1. The van der Waals surface area contributed by atoms with Crippen LogP contribution in [-0.2, 0) is 21.2 Å². The number of hydrogen-bond donors (Lipinski definition) is 1. The molecule has 9 heteroatoms. The lowest BCUT2D eigenvalue weighted by Gasteiger charge is -2.28. The maximum Gasteiger partial charge on any atom is 0.291 e. The molecule has 2 fully saturated rings. The Bertz CT molecular complexity index is 1040. The number of anilines is 2. The standard InChI is InChI=1S/C23H31N3O5S/c1-2-18-7-10-22(31-18)23(27)24-20-17-19(32(28,29)26-13-15-30-16-14-26)8-9-21(20)25-11-5-3-4-6-12-25/h7-10,17H,2-6,11-16H2,1H3,(H,24,27). The van der Waals surface area contributed by atoms with E-state index in [-0.39, 0.29) is 16.6 Å². The molecule has 1 amide bonds. The van der Waals surface area contributed by atoms with Gasteiger partial charge in [0.05, 0.1) is 29.5 Å². The summed E-state index contributed by atoms with van der Waals surface area (Å²) in [6.07, 6.45) is 5.18. The molecule has 0 unspecified atom stereocenters. The third-order valence-electron chi connectivity index (χ3n) is 6.00. The highest BCUT2D eigenvalue weighted by Gasteiger charge is 2.28. The van der Waals surface area contributed by atoms with E-state index in [2.05, 4.69) is 10.2 Å². The van der Waals surface area contributed by atoms with Gasteiger partial charge in [0.15, 0.2) is 5.76 Å². The highest BCUT2D eigenvalue weighted by molar-refractivity contribution is 7.89. The molecular weight excluding hydrogens is 430 g/mol. The van der Waals surface area contributed by atoms with Crippen molar-refractivity contribution in [2.45, 2.75) is 43.9 Å². The molecule has 0 radical (unpaired) electrons. The second kappa shape index (κ2) is 10.1. The molecule has 32 heavy (non-hydrogen) atoms. The van der Waals surface area contributed by atoms with E-state index in [4.69, 9.17) is 9.15 Å². The number of nitrogens with zero attached hydrogens (tertiary/aromatic N) is 2. The number of benzene rings is 1. The van der Waals surface area contributed by atoms with Crippen LogP contribution in [0.5, 0.6) is 0 Å². The van der Waals surface area contributed by atoms with Gasteiger partial charge in [-0.3, -0.25) is 4.79 Å². The Balaban J connectivity index is 1.67. The predicted molar refractivity (Wildman–Crippen MR) is 123 cm³/mol. The average Bonchev–Trinajstić information content (AvgIpc) is 3.15. The van der Waals surface area contributed by atoms with Crippen molar-refractivity contribution in [2.24, 2.45) is 0 Å². The van der Waals surface area contributed by atoms with Crippen LogP contribution in [0.15, 0.2) is 39.6 Å². The van der Waals surface area contributed by atoms with Crippen molar-refractivity contribution in [3.05, 3.63) is 41.9 Å². The zero-order valence-corrected chi connectivity index (χ0v) is 19.3. The predicted octanol–water partition coefficient (Wildman–Crippen LogP) is 3.50. The summed E-state index contributed by atoms with van der Waals surface area (Å²) < 4.78 is 38.7. The van der Waals surface area contributed by atoms with E-state index >= 15 is 0 Å². The number of sulfonamides is 1. The second-order valence-electron chi connectivity index (χ2n) is 8.17. The summed E-state index contributed by atoms with van der Waals surface area (Å²) in [7, 11) is -3.68. The minimum absolute atomic E-state index is 0.168. The zero-order chi connectivity index (χ0) is 22.6. The first-order chi connectivity index (χ1) is 15.5. The molecule has 0 atom stereocenters. The van der Waals surface area contributed by atoms with Crippen molar-refractivity contribution in [2.75, 3.05) is 49.6 Å². The van der Waals surface area contributed by atoms with E-state index in [1.807, 2.05) is 13.0 Å². The SMILES string of the molecule is CCc1ccc(C(=O)Nc2cc(S(=O)(=O)N3CCOCC3)ccc2N2CCCCCC2)o1. The fraction of sp³-hybridized carbons (Fsp3) is 0.522. The summed E-state index contributed by atoms with van der Waals surface area (Å²) in [5.41, 5.74) is 1.32. The van der Waals surface area contributed by atoms with Crippen molar-refractivity contribution in [3.63, 3.8) is 0 Å². The molecule has 0 saturated carbocycles. The van der Waals surface area contributed by atoms with Crippen LogP contribution in [0.1, 0.15) is 48.9 Å². The van der Waals surface area contributed by atoms with Crippen LogP contribution < -0.4 is 10.2 Å². The van der Waals surface area contributed by atoms with E-state index in [9.17, 15) is 13.2 Å². The van der Waals surface area contributed by atoms with Crippen LogP contribution in [-0.4, -0.2) is 58.0 Å². The lowest BCUT2D eigenvalue weighted by Crippen LogP contribution is -2.40. The van der Waals surface area contributed by atoms with Gasteiger partial charge >= 0.3 is 0 Å². The van der Waals surface area contributed by atoms with Gasteiger partial charge in [0.2, 0.25) is 10.0 Å². The maximum atomic E-state index is 13.2.